The van der Waals surface area contributed by atoms with Gasteiger partial charge in [-0.2, -0.15) is 0 Å². The summed E-state index contributed by atoms with van der Waals surface area (Å²) in [7, 11) is -2.30. The molecule has 0 aliphatic carbocycles. The molecule has 35 heavy (non-hydrogen) atoms. The fourth-order valence-corrected chi connectivity index (χ4v) is 5.13. The number of nitrogens with zero attached hydrogens (tertiary/aromatic N) is 1. The van der Waals surface area contributed by atoms with Crippen LogP contribution in [0.15, 0.2) is 77.7 Å². The van der Waals surface area contributed by atoms with Gasteiger partial charge >= 0.3 is 0 Å². The monoisotopic (exact) mass is 497 g/mol. The molecule has 0 saturated carbocycles. The van der Waals surface area contributed by atoms with Crippen LogP contribution in [-0.4, -0.2) is 45.5 Å². The Morgan fingerprint density at radius 1 is 1.03 bits per heavy atom. The van der Waals surface area contributed by atoms with Crippen LogP contribution in [0.25, 0.3) is 0 Å². The summed E-state index contributed by atoms with van der Waals surface area (Å²) < 4.78 is 46.6. The minimum absolute atomic E-state index is 0.0227. The predicted molar refractivity (Wildman–Crippen MR) is 132 cm³/mol. The molecule has 4 rings (SSSR count). The van der Waals surface area contributed by atoms with Gasteiger partial charge in [-0.15, -0.1) is 0 Å². The summed E-state index contributed by atoms with van der Waals surface area (Å²) in [4.78, 5) is 15.0. The number of piperidine rings is 1. The third kappa shape index (κ3) is 6.37. The Labute approximate surface area is 205 Å². The second-order valence-corrected chi connectivity index (χ2v) is 10.2. The smallest absolute Gasteiger partial charge is 0.261 e. The van der Waals surface area contributed by atoms with Crippen LogP contribution in [0.2, 0.25) is 0 Å². The Kier molecular flexibility index (Phi) is 7.67. The molecule has 0 spiro atoms. The van der Waals surface area contributed by atoms with Crippen LogP contribution in [0, 0.1) is 5.82 Å². The second kappa shape index (κ2) is 10.9. The first kappa shape index (κ1) is 24.7. The Hall–Kier alpha value is -3.43. The lowest BCUT2D eigenvalue weighted by Crippen LogP contribution is -2.44. The first-order valence-electron chi connectivity index (χ1n) is 11.4. The number of benzene rings is 3. The number of hydrogen-bond acceptors (Lipinski definition) is 5. The molecule has 1 fully saturated rings. The Morgan fingerprint density at radius 2 is 1.71 bits per heavy atom. The first-order chi connectivity index (χ1) is 16.8. The number of hydrogen-bond donors (Lipinski definition) is 2. The summed E-state index contributed by atoms with van der Waals surface area (Å²) in [5.74, 6) is -0.379. The molecule has 0 unspecified atom stereocenters. The molecule has 0 aromatic heterocycles. The number of likely N-dealkylation sites (tertiary alicyclic amines) is 1. The van der Waals surface area contributed by atoms with Gasteiger partial charge in [-0.3, -0.25) is 14.4 Å². The van der Waals surface area contributed by atoms with E-state index in [2.05, 4.69) is 14.9 Å². The molecule has 1 aliphatic rings. The molecule has 0 radical (unpaired) electrons. The number of carbonyl (C=O) groups excluding carboxylic acids is 1. The van der Waals surface area contributed by atoms with E-state index in [0.717, 1.165) is 31.5 Å². The highest BCUT2D eigenvalue weighted by molar-refractivity contribution is 7.92. The van der Waals surface area contributed by atoms with Crippen LogP contribution in [0.3, 0.4) is 0 Å². The number of carbonyl (C=O) groups is 1. The van der Waals surface area contributed by atoms with Crippen molar-refractivity contribution in [1.82, 2.24) is 10.2 Å². The molecule has 2 N–H and O–H groups in total. The van der Waals surface area contributed by atoms with Gasteiger partial charge in [0.15, 0.2) is 11.6 Å². The zero-order chi connectivity index (χ0) is 24.8. The van der Waals surface area contributed by atoms with Gasteiger partial charge in [-0.1, -0.05) is 24.3 Å². The van der Waals surface area contributed by atoms with Crippen molar-refractivity contribution in [2.45, 2.75) is 30.3 Å². The van der Waals surface area contributed by atoms with Crippen molar-refractivity contribution in [3.8, 4) is 5.75 Å². The highest BCUT2D eigenvalue weighted by Crippen LogP contribution is 2.21. The molecule has 1 saturated heterocycles. The van der Waals surface area contributed by atoms with Crippen LogP contribution in [-0.2, 0) is 16.6 Å². The number of halogens is 1. The number of anilines is 1. The van der Waals surface area contributed by atoms with Gasteiger partial charge in [0.2, 0.25) is 0 Å². The number of ether oxygens (including phenoxy) is 1. The number of methoxy groups -OCH3 is 1. The molecule has 7 nitrogen and oxygen atoms in total. The predicted octanol–water partition coefficient (Wildman–Crippen LogP) is 4.03. The Bertz CT molecular complexity index is 1260. The average Bonchev–Trinajstić information content (AvgIpc) is 2.86. The van der Waals surface area contributed by atoms with Gasteiger partial charge in [0.05, 0.1) is 12.0 Å². The van der Waals surface area contributed by atoms with E-state index in [1.807, 2.05) is 6.07 Å². The summed E-state index contributed by atoms with van der Waals surface area (Å²) in [5.41, 5.74) is 1.75. The van der Waals surface area contributed by atoms with Crippen molar-refractivity contribution in [2.75, 3.05) is 24.9 Å². The van der Waals surface area contributed by atoms with Crippen LogP contribution in [0.1, 0.15) is 28.8 Å². The summed E-state index contributed by atoms with van der Waals surface area (Å²) >= 11 is 0. The zero-order valence-corrected chi connectivity index (χ0v) is 20.2. The molecule has 1 amide bonds. The molecule has 9 heteroatoms. The number of sulfonamides is 1. The van der Waals surface area contributed by atoms with Gasteiger partial charge in [0, 0.05) is 36.9 Å². The van der Waals surface area contributed by atoms with Crippen molar-refractivity contribution in [1.29, 1.82) is 0 Å². The number of amides is 1. The van der Waals surface area contributed by atoms with Gasteiger partial charge in [0.25, 0.3) is 15.9 Å². The third-order valence-corrected chi connectivity index (χ3v) is 7.40. The number of para-hydroxylation sites is 1. The van der Waals surface area contributed by atoms with Crippen molar-refractivity contribution in [3.05, 3.63) is 89.7 Å². The molecule has 1 heterocycles. The van der Waals surface area contributed by atoms with E-state index in [1.165, 1.54) is 37.4 Å². The lowest BCUT2D eigenvalue weighted by molar-refractivity contribution is 0.0908. The zero-order valence-electron chi connectivity index (χ0n) is 19.4. The molecule has 1 aliphatic heterocycles. The third-order valence-electron chi connectivity index (χ3n) is 6.00. The lowest BCUT2D eigenvalue weighted by Gasteiger charge is -2.32. The first-order valence-corrected chi connectivity index (χ1v) is 12.9. The number of nitrogens with one attached hydrogen (secondary N) is 2. The van der Waals surface area contributed by atoms with Crippen LogP contribution >= 0.6 is 0 Å². The highest BCUT2D eigenvalue weighted by Gasteiger charge is 2.22. The Morgan fingerprint density at radius 3 is 2.34 bits per heavy atom. The lowest BCUT2D eigenvalue weighted by atomic mass is 10.0. The Balaban J connectivity index is 1.28. The van der Waals surface area contributed by atoms with E-state index in [0.29, 0.717) is 17.8 Å². The molecular weight excluding hydrogens is 469 g/mol. The summed E-state index contributed by atoms with van der Waals surface area (Å²) in [6, 6.07) is 19.5. The van der Waals surface area contributed by atoms with Gasteiger partial charge < -0.3 is 10.1 Å². The van der Waals surface area contributed by atoms with Crippen molar-refractivity contribution < 1.29 is 22.3 Å². The maximum absolute atomic E-state index is 13.9. The van der Waals surface area contributed by atoms with Gasteiger partial charge in [-0.25, -0.2) is 12.8 Å². The molecular formula is C26H28FN3O4S. The normalized spacial score (nSPS) is 14.9. The standard InChI is InChI=1S/C26H28FN3O4S/c1-34-25-12-7-19(17-24(25)27)18-30-15-13-21(14-16-30)28-26(31)20-8-10-23(11-9-20)35(32,33)29-22-5-3-2-4-6-22/h2-12,17,21,29H,13-16,18H2,1H3,(H,28,31). The topological polar surface area (TPSA) is 87.7 Å². The minimum Gasteiger partial charge on any atom is -0.494 e. The van der Waals surface area contributed by atoms with Crippen LogP contribution in [0.5, 0.6) is 5.75 Å². The molecule has 0 bridgehead atoms. The van der Waals surface area contributed by atoms with Crippen LogP contribution in [0.4, 0.5) is 10.1 Å². The van der Waals surface area contributed by atoms with E-state index < -0.39 is 10.0 Å². The van der Waals surface area contributed by atoms with E-state index in [9.17, 15) is 17.6 Å². The number of rotatable bonds is 8. The summed E-state index contributed by atoms with van der Waals surface area (Å²) in [5, 5.41) is 3.03. The largest absolute Gasteiger partial charge is 0.494 e. The molecule has 184 valence electrons. The van der Waals surface area contributed by atoms with E-state index in [-0.39, 0.29) is 28.4 Å². The SMILES string of the molecule is COc1ccc(CN2CCC(NC(=O)c3ccc(S(=O)(=O)Nc4ccccc4)cc3)CC2)cc1F. The quantitative estimate of drug-likeness (QED) is 0.491. The van der Waals surface area contributed by atoms with Gasteiger partial charge in [-0.05, 0) is 66.9 Å². The molecule has 0 atom stereocenters. The summed E-state index contributed by atoms with van der Waals surface area (Å²) in [6.07, 6.45) is 1.55. The minimum atomic E-state index is -3.74. The van der Waals surface area contributed by atoms with Gasteiger partial charge in [0.1, 0.15) is 0 Å². The summed E-state index contributed by atoms with van der Waals surface area (Å²) in [6.45, 7) is 2.19. The maximum Gasteiger partial charge on any atom is 0.261 e. The second-order valence-electron chi connectivity index (χ2n) is 8.49. The highest BCUT2D eigenvalue weighted by atomic mass is 32.2. The molecule has 3 aromatic carbocycles. The molecule has 3 aromatic rings. The fraction of sp³-hybridized carbons (Fsp3) is 0.269. The maximum atomic E-state index is 13.9. The van der Waals surface area contributed by atoms with Crippen molar-refractivity contribution in [2.24, 2.45) is 0 Å². The van der Waals surface area contributed by atoms with E-state index in [1.54, 1.807) is 36.4 Å². The average molecular weight is 498 g/mol. The van der Waals surface area contributed by atoms with E-state index >= 15 is 0 Å². The van der Waals surface area contributed by atoms with Crippen LogP contribution < -0.4 is 14.8 Å². The fourth-order valence-electron chi connectivity index (χ4n) is 4.08. The van der Waals surface area contributed by atoms with Crippen molar-refractivity contribution >= 4 is 21.6 Å². The van der Waals surface area contributed by atoms with Crippen molar-refractivity contribution in [3.63, 3.8) is 0 Å². The van der Waals surface area contributed by atoms with E-state index in [4.69, 9.17) is 4.74 Å².